The molecule has 7 nitrogen and oxygen atoms in total. The summed E-state index contributed by atoms with van der Waals surface area (Å²) in [6.45, 7) is 0. The van der Waals surface area contributed by atoms with E-state index in [0.29, 0.717) is 5.69 Å². The number of hydrogen-bond donors (Lipinski definition) is 1. The number of amidine groups is 1. The van der Waals surface area contributed by atoms with E-state index < -0.39 is 23.5 Å². The van der Waals surface area contributed by atoms with E-state index in [9.17, 15) is 19.8 Å². The van der Waals surface area contributed by atoms with Crippen LogP contribution in [0.1, 0.15) is 12.0 Å². The fourth-order valence-electron chi connectivity index (χ4n) is 2.34. The summed E-state index contributed by atoms with van der Waals surface area (Å²) in [5.74, 6) is -1.67. The molecule has 1 atom stereocenters. The normalized spacial score (nSPS) is 18.8. The van der Waals surface area contributed by atoms with Crippen LogP contribution in [0, 0.1) is 0 Å². The summed E-state index contributed by atoms with van der Waals surface area (Å²) in [6, 6.07) is 15.3. The van der Waals surface area contributed by atoms with Gasteiger partial charge in [0.2, 0.25) is 5.91 Å². The molecule has 1 heterocycles. The van der Waals surface area contributed by atoms with Crippen LogP contribution in [-0.2, 0) is 9.59 Å². The summed E-state index contributed by atoms with van der Waals surface area (Å²) in [5, 5.41) is 27.8. The predicted molar refractivity (Wildman–Crippen MR) is 98.1 cm³/mol. The van der Waals surface area contributed by atoms with E-state index in [4.69, 9.17) is 0 Å². The molecule has 0 radical (unpaired) electrons. The molecular weight excluding hydrogens is 354 g/mol. The number of carbonyl (C=O) groups excluding carboxylic acids is 2. The second-order valence-electron chi connectivity index (χ2n) is 5.41. The van der Waals surface area contributed by atoms with Crippen LogP contribution in [0.15, 0.2) is 64.8 Å². The lowest BCUT2D eigenvalue weighted by Gasteiger charge is -2.16. The van der Waals surface area contributed by atoms with Gasteiger partial charge < -0.3 is 15.0 Å². The van der Waals surface area contributed by atoms with Crippen molar-refractivity contribution < 1.29 is 19.8 Å². The summed E-state index contributed by atoms with van der Waals surface area (Å²) >= 11 is 1.02. The van der Waals surface area contributed by atoms with Crippen molar-refractivity contribution in [3.05, 3.63) is 60.2 Å². The fraction of sp³-hybridized carbons (Fsp3) is 0.111. The van der Waals surface area contributed by atoms with Gasteiger partial charge in [0.1, 0.15) is 5.75 Å². The number of thioether (sulfide) groups is 1. The minimum atomic E-state index is -1.31. The highest BCUT2D eigenvalue weighted by Crippen LogP contribution is 2.34. The quantitative estimate of drug-likeness (QED) is 0.634. The fourth-order valence-corrected chi connectivity index (χ4v) is 3.42. The summed E-state index contributed by atoms with van der Waals surface area (Å²) in [6.07, 6.45) is 1.12. The molecule has 0 aliphatic carbocycles. The van der Waals surface area contributed by atoms with Gasteiger partial charge in [0.05, 0.1) is 17.2 Å². The predicted octanol–water partition coefficient (Wildman–Crippen LogP) is 1.37. The Balaban J connectivity index is 1.90. The Bertz CT molecular complexity index is 866. The SMILES string of the molecule is O=C([O-])C[C@@H]1S/C(=N/N=C/c2ccccc2)N(c2ccc(O)cc2)C1=O. The molecule has 1 fully saturated rings. The van der Waals surface area contributed by atoms with Gasteiger partial charge in [-0.3, -0.25) is 9.69 Å². The van der Waals surface area contributed by atoms with Crippen molar-refractivity contribution >= 4 is 40.7 Å². The van der Waals surface area contributed by atoms with Crippen LogP contribution in [0.4, 0.5) is 5.69 Å². The number of benzene rings is 2. The van der Waals surface area contributed by atoms with Gasteiger partial charge in [-0.15, -0.1) is 5.10 Å². The maximum absolute atomic E-state index is 12.6. The summed E-state index contributed by atoms with van der Waals surface area (Å²) < 4.78 is 0. The molecule has 1 aliphatic rings. The molecule has 1 amide bonds. The molecule has 8 heteroatoms. The maximum Gasteiger partial charge on any atom is 0.247 e. The van der Waals surface area contributed by atoms with E-state index in [1.807, 2.05) is 30.3 Å². The highest BCUT2D eigenvalue weighted by Gasteiger charge is 2.39. The Morgan fingerprint density at radius 1 is 1.19 bits per heavy atom. The van der Waals surface area contributed by atoms with E-state index >= 15 is 0 Å². The minimum Gasteiger partial charge on any atom is -0.550 e. The monoisotopic (exact) mass is 368 g/mol. The van der Waals surface area contributed by atoms with Gasteiger partial charge in [0.25, 0.3) is 0 Å². The third-order valence-electron chi connectivity index (χ3n) is 3.54. The van der Waals surface area contributed by atoms with E-state index in [1.165, 1.54) is 17.0 Å². The molecule has 0 aromatic heterocycles. The van der Waals surface area contributed by atoms with Crippen LogP contribution in [-0.4, -0.2) is 33.6 Å². The first-order valence-corrected chi connectivity index (χ1v) is 8.58. The summed E-state index contributed by atoms with van der Waals surface area (Å²) in [4.78, 5) is 24.8. The van der Waals surface area contributed by atoms with Gasteiger partial charge >= 0.3 is 0 Å². The molecule has 1 saturated heterocycles. The van der Waals surface area contributed by atoms with Crippen molar-refractivity contribution in [3.63, 3.8) is 0 Å². The lowest BCUT2D eigenvalue weighted by Crippen LogP contribution is -2.35. The third-order valence-corrected chi connectivity index (χ3v) is 4.67. The number of carbonyl (C=O) groups is 2. The van der Waals surface area contributed by atoms with Crippen LogP contribution in [0.25, 0.3) is 0 Å². The Kier molecular flexibility index (Phi) is 5.33. The van der Waals surface area contributed by atoms with E-state index in [2.05, 4.69) is 10.2 Å². The van der Waals surface area contributed by atoms with Crippen LogP contribution in [0.2, 0.25) is 0 Å². The molecule has 0 unspecified atom stereocenters. The summed E-state index contributed by atoms with van der Waals surface area (Å²) in [5.41, 5.74) is 1.31. The molecule has 26 heavy (non-hydrogen) atoms. The minimum absolute atomic E-state index is 0.0555. The number of phenolic OH excluding ortho intramolecular Hbond substituents is 1. The molecular formula is C18H14N3O4S-. The van der Waals surface area contributed by atoms with Crippen molar-refractivity contribution in [1.29, 1.82) is 0 Å². The molecule has 0 saturated carbocycles. The molecule has 132 valence electrons. The molecule has 0 spiro atoms. The van der Waals surface area contributed by atoms with Crippen molar-refractivity contribution in [2.75, 3.05) is 4.90 Å². The van der Waals surface area contributed by atoms with Crippen LogP contribution >= 0.6 is 11.8 Å². The molecule has 1 aliphatic heterocycles. The number of aromatic hydroxyl groups is 1. The largest absolute Gasteiger partial charge is 0.550 e. The molecule has 0 bridgehead atoms. The standard InChI is InChI=1S/C18H15N3O4S/c22-14-8-6-13(7-9-14)21-17(25)15(10-16(23)24)26-18(21)20-19-11-12-4-2-1-3-5-12/h1-9,11,15,22H,10H2,(H,23,24)/p-1/b19-11+,20-18+/t15-/m0/s1. The second-order valence-corrected chi connectivity index (χ2v) is 6.58. The molecule has 2 aromatic rings. The van der Waals surface area contributed by atoms with Crippen molar-refractivity contribution in [2.24, 2.45) is 10.2 Å². The van der Waals surface area contributed by atoms with Crippen molar-refractivity contribution in [3.8, 4) is 5.75 Å². The highest BCUT2D eigenvalue weighted by atomic mass is 32.2. The van der Waals surface area contributed by atoms with Crippen LogP contribution < -0.4 is 10.0 Å². The van der Waals surface area contributed by atoms with Crippen LogP contribution in [0.5, 0.6) is 5.75 Å². The average molecular weight is 368 g/mol. The number of hydrogen-bond acceptors (Lipinski definition) is 7. The van der Waals surface area contributed by atoms with E-state index in [1.54, 1.807) is 18.3 Å². The van der Waals surface area contributed by atoms with Crippen LogP contribution in [0.3, 0.4) is 0 Å². The zero-order chi connectivity index (χ0) is 18.5. The molecule has 3 rings (SSSR count). The average Bonchev–Trinajstić information content (AvgIpc) is 2.92. The number of amides is 1. The van der Waals surface area contributed by atoms with Gasteiger partial charge in [-0.2, -0.15) is 5.10 Å². The maximum atomic E-state index is 12.6. The smallest absolute Gasteiger partial charge is 0.247 e. The topological polar surface area (TPSA) is 105 Å². The Labute approximate surface area is 153 Å². The Morgan fingerprint density at radius 2 is 1.88 bits per heavy atom. The highest BCUT2D eigenvalue weighted by molar-refractivity contribution is 8.16. The zero-order valence-corrected chi connectivity index (χ0v) is 14.3. The number of nitrogens with zero attached hydrogens (tertiary/aromatic N) is 3. The van der Waals surface area contributed by atoms with Gasteiger partial charge in [-0.05, 0) is 29.8 Å². The van der Waals surface area contributed by atoms with Crippen molar-refractivity contribution in [1.82, 2.24) is 0 Å². The number of phenols is 1. The molecule has 2 aromatic carbocycles. The van der Waals surface area contributed by atoms with Gasteiger partial charge in [-0.1, -0.05) is 42.1 Å². The second kappa shape index (κ2) is 7.83. The van der Waals surface area contributed by atoms with Gasteiger partial charge in [-0.25, -0.2) is 0 Å². The first kappa shape index (κ1) is 17.7. The number of rotatable bonds is 5. The number of anilines is 1. The first-order valence-electron chi connectivity index (χ1n) is 7.70. The summed E-state index contributed by atoms with van der Waals surface area (Å²) in [7, 11) is 0. The number of carboxylic acid groups (broad SMARTS) is 1. The van der Waals surface area contributed by atoms with E-state index in [-0.39, 0.29) is 10.9 Å². The molecule has 1 N–H and O–H groups in total. The third kappa shape index (κ3) is 4.09. The Morgan fingerprint density at radius 3 is 2.54 bits per heavy atom. The number of aliphatic carboxylic acids is 1. The zero-order valence-electron chi connectivity index (χ0n) is 13.5. The Hall–Kier alpha value is -3.13. The lowest BCUT2D eigenvalue weighted by molar-refractivity contribution is -0.305. The van der Waals surface area contributed by atoms with Gasteiger partial charge in [0, 0.05) is 12.4 Å². The van der Waals surface area contributed by atoms with E-state index in [0.717, 1.165) is 17.3 Å². The van der Waals surface area contributed by atoms with Crippen molar-refractivity contribution in [2.45, 2.75) is 11.7 Å². The lowest BCUT2D eigenvalue weighted by atomic mass is 10.2. The van der Waals surface area contributed by atoms with Gasteiger partial charge in [0.15, 0.2) is 5.17 Å². The number of carboxylic acids is 1. The first-order chi connectivity index (χ1) is 12.5.